The van der Waals surface area contributed by atoms with E-state index in [9.17, 15) is 14.7 Å². The van der Waals surface area contributed by atoms with Gasteiger partial charge in [0.25, 0.3) is 0 Å². The van der Waals surface area contributed by atoms with Crippen LogP contribution in [-0.2, 0) is 9.59 Å². The number of phenolic OH excluding ortho intramolecular Hbond substituents is 1. The van der Waals surface area contributed by atoms with Crippen LogP contribution in [0.3, 0.4) is 0 Å². The van der Waals surface area contributed by atoms with Crippen LogP contribution in [0, 0.1) is 5.92 Å². The van der Waals surface area contributed by atoms with Gasteiger partial charge in [-0.2, -0.15) is 0 Å². The van der Waals surface area contributed by atoms with Gasteiger partial charge in [-0.1, -0.05) is 23.7 Å². The molecule has 2 aromatic rings. The van der Waals surface area contributed by atoms with E-state index < -0.39 is 0 Å². The maximum absolute atomic E-state index is 12.8. The van der Waals surface area contributed by atoms with E-state index in [1.807, 2.05) is 23.1 Å². The number of piperidine rings is 1. The van der Waals surface area contributed by atoms with Crippen LogP contribution < -0.4 is 5.32 Å². The Bertz CT molecular complexity index is 926. The maximum atomic E-state index is 12.8. The molecule has 2 aliphatic heterocycles. The van der Waals surface area contributed by atoms with E-state index in [1.165, 1.54) is 5.56 Å². The summed E-state index contributed by atoms with van der Waals surface area (Å²) in [6.07, 6.45) is 2.64. The van der Waals surface area contributed by atoms with Crippen LogP contribution in [0.4, 0.5) is 5.69 Å². The fraction of sp³-hybridized carbons (Fsp3) is 0.417. The lowest BCUT2D eigenvalue weighted by Crippen LogP contribution is -2.43. The second kappa shape index (κ2) is 9.71. The standard InChI is InChI=1S/C24H28ClN3O3/c25-20-3-1-2-18(14-20)17-9-12-28(13-10-17)23(30)16-27-11-8-19(15-27)24(31)26-21-4-6-22(29)7-5-21/h1-7,14,17,19,29H,8-13,15-16H2,(H,26,31)/t19-/m0/s1. The minimum atomic E-state index is -0.129. The Morgan fingerprint density at radius 3 is 2.48 bits per heavy atom. The number of amides is 2. The lowest BCUT2D eigenvalue weighted by Gasteiger charge is -2.33. The second-order valence-electron chi connectivity index (χ2n) is 8.47. The van der Waals surface area contributed by atoms with Crippen LogP contribution in [0.1, 0.15) is 30.7 Å². The van der Waals surface area contributed by atoms with Crippen molar-refractivity contribution in [1.29, 1.82) is 0 Å². The third-order valence-electron chi connectivity index (χ3n) is 6.30. The van der Waals surface area contributed by atoms with Gasteiger partial charge in [0.05, 0.1) is 12.5 Å². The van der Waals surface area contributed by atoms with E-state index in [0.717, 1.165) is 43.9 Å². The Kier molecular flexibility index (Phi) is 6.78. The van der Waals surface area contributed by atoms with E-state index in [-0.39, 0.29) is 23.5 Å². The number of carbonyl (C=O) groups excluding carboxylic acids is 2. The van der Waals surface area contributed by atoms with Crippen molar-refractivity contribution in [3.05, 3.63) is 59.1 Å². The number of anilines is 1. The highest BCUT2D eigenvalue weighted by atomic mass is 35.5. The molecule has 164 valence electrons. The van der Waals surface area contributed by atoms with Gasteiger partial charge in [-0.15, -0.1) is 0 Å². The number of nitrogens with one attached hydrogen (secondary N) is 1. The Balaban J connectivity index is 1.22. The van der Waals surface area contributed by atoms with Gasteiger partial charge < -0.3 is 15.3 Å². The number of carbonyl (C=O) groups is 2. The second-order valence-corrected chi connectivity index (χ2v) is 8.90. The summed E-state index contributed by atoms with van der Waals surface area (Å²) >= 11 is 6.12. The molecule has 0 saturated carbocycles. The van der Waals surface area contributed by atoms with Crippen molar-refractivity contribution in [1.82, 2.24) is 9.80 Å². The van der Waals surface area contributed by atoms with Crippen molar-refractivity contribution < 1.29 is 14.7 Å². The molecule has 0 aromatic heterocycles. The molecule has 2 N–H and O–H groups in total. The number of phenols is 1. The Morgan fingerprint density at radius 1 is 1.03 bits per heavy atom. The average molecular weight is 442 g/mol. The van der Waals surface area contributed by atoms with E-state index in [4.69, 9.17) is 11.6 Å². The molecule has 4 rings (SSSR count). The molecule has 1 atom stereocenters. The summed E-state index contributed by atoms with van der Waals surface area (Å²) < 4.78 is 0. The normalized spacial score (nSPS) is 20.0. The highest BCUT2D eigenvalue weighted by molar-refractivity contribution is 6.30. The topological polar surface area (TPSA) is 72.9 Å². The number of rotatable bonds is 5. The third kappa shape index (κ3) is 5.57. The summed E-state index contributed by atoms with van der Waals surface area (Å²) in [6.45, 7) is 3.22. The van der Waals surface area contributed by atoms with Crippen molar-refractivity contribution in [3.8, 4) is 5.75 Å². The average Bonchev–Trinajstić information content (AvgIpc) is 3.24. The first-order valence-electron chi connectivity index (χ1n) is 10.8. The summed E-state index contributed by atoms with van der Waals surface area (Å²) in [4.78, 5) is 29.3. The van der Waals surface area contributed by atoms with Gasteiger partial charge in [-0.3, -0.25) is 14.5 Å². The van der Waals surface area contributed by atoms with Gasteiger partial charge in [-0.25, -0.2) is 0 Å². The van der Waals surface area contributed by atoms with Crippen molar-refractivity contribution in [2.24, 2.45) is 5.92 Å². The zero-order valence-electron chi connectivity index (χ0n) is 17.5. The first-order chi connectivity index (χ1) is 15.0. The van der Waals surface area contributed by atoms with Gasteiger partial charge >= 0.3 is 0 Å². The summed E-state index contributed by atoms with van der Waals surface area (Å²) in [6, 6.07) is 14.5. The Labute approximate surface area is 187 Å². The fourth-order valence-electron chi connectivity index (χ4n) is 4.49. The molecule has 0 unspecified atom stereocenters. The maximum Gasteiger partial charge on any atom is 0.236 e. The first kappa shape index (κ1) is 21.7. The minimum absolute atomic E-state index is 0.0389. The van der Waals surface area contributed by atoms with Gasteiger partial charge in [0.1, 0.15) is 5.75 Å². The predicted molar refractivity (Wildman–Crippen MR) is 121 cm³/mol. The molecule has 7 heteroatoms. The molecule has 2 aliphatic rings. The molecule has 2 fully saturated rings. The number of aromatic hydroxyl groups is 1. The van der Waals surface area contributed by atoms with Crippen LogP contribution in [0.2, 0.25) is 5.02 Å². The quantitative estimate of drug-likeness (QED) is 0.694. The number of nitrogens with zero attached hydrogens (tertiary/aromatic N) is 2. The molecule has 2 saturated heterocycles. The molecule has 0 bridgehead atoms. The zero-order valence-corrected chi connectivity index (χ0v) is 18.2. The van der Waals surface area contributed by atoms with Crippen LogP contribution in [0.5, 0.6) is 5.75 Å². The minimum Gasteiger partial charge on any atom is -0.508 e. The molecule has 0 radical (unpaired) electrons. The largest absolute Gasteiger partial charge is 0.508 e. The lowest BCUT2D eigenvalue weighted by molar-refractivity contribution is -0.133. The number of likely N-dealkylation sites (tertiary alicyclic amines) is 2. The van der Waals surface area contributed by atoms with Crippen molar-refractivity contribution >= 4 is 29.1 Å². The van der Waals surface area contributed by atoms with E-state index >= 15 is 0 Å². The van der Waals surface area contributed by atoms with Gasteiger partial charge in [0, 0.05) is 30.3 Å². The molecule has 6 nitrogen and oxygen atoms in total. The highest BCUT2D eigenvalue weighted by Crippen LogP contribution is 2.29. The zero-order chi connectivity index (χ0) is 21.8. The van der Waals surface area contributed by atoms with Gasteiger partial charge in [0.15, 0.2) is 0 Å². The van der Waals surface area contributed by atoms with E-state index in [0.29, 0.717) is 24.7 Å². The first-order valence-corrected chi connectivity index (χ1v) is 11.2. The Hall–Kier alpha value is -2.57. The monoisotopic (exact) mass is 441 g/mol. The number of halogens is 1. The molecule has 0 aliphatic carbocycles. The van der Waals surface area contributed by atoms with Crippen molar-refractivity contribution in [2.75, 3.05) is 38.0 Å². The van der Waals surface area contributed by atoms with Crippen molar-refractivity contribution in [3.63, 3.8) is 0 Å². The molecule has 0 spiro atoms. The number of hydrogen-bond acceptors (Lipinski definition) is 4. The van der Waals surface area contributed by atoms with Crippen LogP contribution in [0.25, 0.3) is 0 Å². The summed E-state index contributed by atoms with van der Waals surface area (Å²) in [5, 5.41) is 13.0. The van der Waals surface area contributed by atoms with E-state index in [2.05, 4.69) is 16.3 Å². The highest BCUT2D eigenvalue weighted by Gasteiger charge is 2.31. The van der Waals surface area contributed by atoms with Crippen LogP contribution in [0.15, 0.2) is 48.5 Å². The molecular formula is C24H28ClN3O3. The summed E-state index contributed by atoms with van der Waals surface area (Å²) in [5.41, 5.74) is 1.92. The molecule has 2 aromatic carbocycles. The smallest absolute Gasteiger partial charge is 0.236 e. The fourth-order valence-corrected chi connectivity index (χ4v) is 4.69. The number of hydrogen-bond donors (Lipinski definition) is 2. The summed E-state index contributed by atoms with van der Waals surface area (Å²) in [7, 11) is 0. The molecule has 2 heterocycles. The molecule has 2 amide bonds. The van der Waals surface area contributed by atoms with Gasteiger partial charge in [-0.05, 0) is 73.7 Å². The molecule has 31 heavy (non-hydrogen) atoms. The van der Waals surface area contributed by atoms with E-state index in [1.54, 1.807) is 24.3 Å². The number of benzene rings is 2. The Morgan fingerprint density at radius 2 is 1.77 bits per heavy atom. The predicted octanol–water partition coefficient (Wildman–Crippen LogP) is 3.71. The molecular weight excluding hydrogens is 414 g/mol. The van der Waals surface area contributed by atoms with Crippen molar-refractivity contribution in [2.45, 2.75) is 25.2 Å². The summed E-state index contributed by atoms with van der Waals surface area (Å²) in [5.74, 6) is 0.588. The van der Waals surface area contributed by atoms with Crippen LogP contribution >= 0.6 is 11.6 Å². The van der Waals surface area contributed by atoms with Gasteiger partial charge in [0.2, 0.25) is 11.8 Å². The third-order valence-corrected chi connectivity index (χ3v) is 6.54. The lowest BCUT2D eigenvalue weighted by atomic mass is 9.89. The SMILES string of the molecule is O=C(Nc1ccc(O)cc1)[C@H]1CCN(CC(=O)N2CCC(c3cccc(Cl)c3)CC2)C1. The van der Waals surface area contributed by atoms with Crippen LogP contribution in [-0.4, -0.2) is 59.4 Å².